The molecule has 0 saturated carbocycles. The van der Waals surface area contributed by atoms with Crippen molar-refractivity contribution in [2.24, 2.45) is 16.1 Å². The predicted octanol–water partition coefficient (Wildman–Crippen LogP) is 4.30. The van der Waals surface area contributed by atoms with Crippen LogP contribution in [-0.4, -0.2) is 28.4 Å². The van der Waals surface area contributed by atoms with Gasteiger partial charge in [-0.2, -0.15) is 0 Å². The van der Waals surface area contributed by atoms with Crippen LogP contribution in [0.15, 0.2) is 68.1 Å². The van der Waals surface area contributed by atoms with Crippen molar-refractivity contribution < 1.29 is 30.6 Å². The Morgan fingerprint density at radius 2 is 1.70 bits per heavy atom. The van der Waals surface area contributed by atoms with E-state index in [-0.39, 0.29) is 50.8 Å². The van der Waals surface area contributed by atoms with Crippen LogP contribution in [0.1, 0.15) is 34.6 Å². The Hall–Kier alpha value is -3.32. The molecule has 0 saturated heterocycles. The average Bonchev–Trinajstić information content (AvgIpc) is 3.20. The molecule has 154 valence electrons. The molecule has 0 bridgehead atoms. The molecule has 2 heterocycles. The summed E-state index contributed by atoms with van der Waals surface area (Å²) in [6.07, 6.45) is 0. The second kappa shape index (κ2) is 8.59. The summed E-state index contributed by atoms with van der Waals surface area (Å²) in [5, 5.41) is 10.7. The number of aromatic nitrogens is 1. The molecule has 0 radical (unpaired) electrons. The number of hydrogen-bond acceptors (Lipinski definition) is 6. The molecule has 2 amide bonds. The summed E-state index contributed by atoms with van der Waals surface area (Å²) in [6.45, 7) is 4.18. The molecule has 0 aliphatic carbocycles. The van der Waals surface area contributed by atoms with Crippen molar-refractivity contribution in [1.82, 2.24) is 10.1 Å². The van der Waals surface area contributed by atoms with Crippen molar-refractivity contribution in [3.8, 4) is 11.3 Å². The third-order valence-electron chi connectivity index (χ3n) is 4.52. The van der Waals surface area contributed by atoms with Crippen LogP contribution in [0, 0.1) is 5.92 Å². The number of benzene rings is 2. The Labute approximate surface area is 181 Å². The van der Waals surface area contributed by atoms with E-state index in [1.54, 1.807) is 30.3 Å². The molecule has 1 N–H and O–H groups in total. The van der Waals surface area contributed by atoms with Gasteiger partial charge in [0.1, 0.15) is 5.69 Å². The molecule has 1 aromatic heterocycles. The Morgan fingerprint density at radius 3 is 2.40 bits per heavy atom. The summed E-state index contributed by atoms with van der Waals surface area (Å²) in [4.78, 5) is 38.7. The van der Waals surface area contributed by atoms with Crippen molar-refractivity contribution in [3.05, 3.63) is 70.1 Å². The molecule has 9 heteroatoms. The van der Waals surface area contributed by atoms with Crippen molar-refractivity contribution in [1.29, 1.82) is 0 Å². The minimum Gasteiger partial charge on any atom is -0.336 e. The molecule has 3 aromatic rings. The summed E-state index contributed by atoms with van der Waals surface area (Å²) < 4.78 is 4.87. The number of nitrogens with zero attached hydrogens (tertiary/aromatic N) is 3. The molecule has 2 aromatic carbocycles. The minimum absolute atomic E-state index is 0. The Balaban J connectivity index is 0.00000256. The van der Waals surface area contributed by atoms with Crippen LogP contribution in [0.4, 0.5) is 11.4 Å². The van der Waals surface area contributed by atoms with E-state index in [4.69, 9.17) is 4.52 Å². The monoisotopic (exact) mass is 448 g/mol. The van der Waals surface area contributed by atoms with E-state index in [1.807, 2.05) is 32.0 Å². The number of H-pyrrole nitrogens is 1. The SMILES string of the molecule is CC(C)CN1C(=O)c2cccc(N=Nc3c(-c4ccccc4)[nH]oc3=O)c2C1=O.[Ni+2]. The second-order valence-corrected chi connectivity index (χ2v) is 7.10. The molecule has 8 nitrogen and oxygen atoms in total. The number of hydrogen-bond donors (Lipinski definition) is 1. The van der Waals surface area contributed by atoms with Crippen LogP contribution in [-0.2, 0) is 16.5 Å². The van der Waals surface area contributed by atoms with Gasteiger partial charge in [-0.3, -0.25) is 14.5 Å². The Morgan fingerprint density at radius 1 is 0.967 bits per heavy atom. The zero-order valence-corrected chi connectivity index (χ0v) is 17.2. The maximum atomic E-state index is 12.8. The number of imide groups is 1. The van der Waals surface area contributed by atoms with Crippen LogP contribution >= 0.6 is 0 Å². The Kier molecular flexibility index (Phi) is 6.13. The summed E-state index contributed by atoms with van der Waals surface area (Å²) in [6, 6.07) is 13.9. The number of carbonyl (C=O) groups is 2. The van der Waals surface area contributed by atoms with Gasteiger partial charge in [0.2, 0.25) is 0 Å². The minimum atomic E-state index is -0.677. The summed E-state index contributed by atoms with van der Waals surface area (Å²) in [5.41, 5.74) is 1.12. The van der Waals surface area contributed by atoms with Crippen molar-refractivity contribution in [2.75, 3.05) is 6.54 Å². The Bertz CT molecular complexity index is 1180. The van der Waals surface area contributed by atoms with Gasteiger partial charge in [0.25, 0.3) is 11.8 Å². The fourth-order valence-electron chi connectivity index (χ4n) is 3.22. The smallest absolute Gasteiger partial charge is 0.336 e. The van der Waals surface area contributed by atoms with Gasteiger partial charge in [-0.1, -0.05) is 50.2 Å². The van der Waals surface area contributed by atoms with E-state index in [9.17, 15) is 14.4 Å². The molecule has 30 heavy (non-hydrogen) atoms. The van der Waals surface area contributed by atoms with E-state index in [2.05, 4.69) is 15.4 Å². The largest absolute Gasteiger partial charge is 2.00 e. The molecule has 0 spiro atoms. The molecule has 0 atom stereocenters. The van der Waals surface area contributed by atoms with E-state index >= 15 is 0 Å². The first-order valence-electron chi connectivity index (χ1n) is 9.15. The van der Waals surface area contributed by atoms with Crippen molar-refractivity contribution in [3.63, 3.8) is 0 Å². The fraction of sp³-hybridized carbons (Fsp3) is 0.190. The van der Waals surface area contributed by atoms with Gasteiger partial charge >= 0.3 is 22.1 Å². The number of carbonyl (C=O) groups excluding carboxylic acids is 2. The van der Waals surface area contributed by atoms with Crippen LogP contribution in [0.2, 0.25) is 0 Å². The van der Waals surface area contributed by atoms with Gasteiger partial charge in [0.05, 0.1) is 16.8 Å². The van der Waals surface area contributed by atoms with E-state index in [0.29, 0.717) is 17.8 Å². The topological polar surface area (TPSA) is 108 Å². The van der Waals surface area contributed by atoms with E-state index in [0.717, 1.165) is 0 Å². The molecule has 1 aliphatic rings. The predicted molar refractivity (Wildman–Crippen MR) is 106 cm³/mol. The molecule has 4 rings (SSSR count). The number of amides is 2. The van der Waals surface area contributed by atoms with Gasteiger partial charge in [-0.15, -0.1) is 10.2 Å². The van der Waals surface area contributed by atoms with Gasteiger partial charge < -0.3 is 4.52 Å². The zero-order chi connectivity index (χ0) is 20.5. The first-order valence-corrected chi connectivity index (χ1v) is 9.15. The third kappa shape index (κ3) is 3.76. The summed E-state index contributed by atoms with van der Waals surface area (Å²) in [7, 11) is 0. The number of fused-ring (bicyclic) bond motifs is 1. The van der Waals surface area contributed by atoms with Crippen molar-refractivity contribution in [2.45, 2.75) is 13.8 Å². The molecule has 0 fully saturated rings. The number of azo groups is 1. The van der Waals surface area contributed by atoms with Gasteiger partial charge in [0, 0.05) is 12.1 Å². The van der Waals surface area contributed by atoms with Crippen LogP contribution in [0.5, 0.6) is 0 Å². The van der Waals surface area contributed by atoms with Crippen LogP contribution in [0.25, 0.3) is 11.3 Å². The fourth-order valence-corrected chi connectivity index (χ4v) is 3.22. The van der Waals surface area contributed by atoms with Crippen LogP contribution in [0.3, 0.4) is 0 Å². The van der Waals surface area contributed by atoms with Gasteiger partial charge in [-0.05, 0) is 18.1 Å². The molecule has 0 unspecified atom stereocenters. The maximum Gasteiger partial charge on any atom is 2.00 e. The quantitative estimate of drug-likeness (QED) is 0.356. The number of rotatable bonds is 5. The average molecular weight is 449 g/mol. The standard InChI is InChI=1S/C21H18N4O4.Ni/c1-12(2)11-25-19(26)14-9-6-10-15(16(14)20(25)27)22-23-18-17(24-29-21(18)28)13-7-4-3-5-8-13;/h3-10,12,24H,11H2,1-2H3;/q;+2. The van der Waals surface area contributed by atoms with E-state index < -0.39 is 11.5 Å². The summed E-state index contributed by atoms with van der Waals surface area (Å²) >= 11 is 0. The maximum absolute atomic E-state index is 12.8. The number of aromatic amines is 1. The van der Waals surface area contributed by atoms with Gasteiger partial charge in [0.15, 0.2) is 5.69 Å². The molecular formula is C21H18N4NiO4+2. The first-order chi connectivity index (χ1) is 14.0. The second-order valence-electron chi connectivity index (χ2n) is 7.10. The normalized spacial score (nSPS) is 13.2. The van der Waals surface area contributed by atoms with Gasteiger partial charge in [-0.25, -0.2) is 9.95 Å². The molecule has 1 aliphatic heterocycles. The van der Waals surface area contributed by atoms with E-state index in [1.165, 1.54) is 4.90 Å². The third-order valence-corrected chi connectivity index (χ3v) is 4.52. The van der Waals surface area contributed by atoms with Crippen LogP contribution < -0.4 is 5.63 Å². The number of nitrogens with one attached hydrogen (secondary N) is 1. The zero-order valence-electron chi connectivity index (χ0n) is 16.2. The molecular weight excluding hydrogens is 431 g/mol. The van der Waals surface area contributed by atoms with Crippen molar-refractivity contribution >= 4 is 23.2 Å². The first kappa shape index (κ1) is 21.4. The summed E-state index contributed by atoms with van der Waals surface area (Å²) in [5.74, 6) is -0.611.